The number of ether oxygens (including phenoxy) is 2. The molecule has 1 aliphatic heterocycles. The molecular formula is C26H25BrO4S. The molecule has 32 heavy (non-hydrogen) atoms. The van der Waals surface area contributed by atoms with Gasteiger partial charge in [-0.15, -0.1) is 0 Å². The Balaban J connectivity index is 1.96. The predicted molar refractivity (Wildman–Crippen MR) is 131 cm³/mol. The lowest BCUT2D eigenvalue weighted by atomic mass is 9.93. The van der Waals surface area contributed by atoms with Crippen molar-refractivity contribution in [2.75, 3.05) is 12.4 Å². The first kappa shape index (κ1) is 22.8. The van der Waals surface area contributed by atoms with Crippen molar-refractivity contribution >= 4 is 31.3 Å². The number of rotatable bonds is 6. The predicted octanol–water partition coefficient (Wildman–Crippen LogP) is 6.11. The van der Waals surface area contributed by atoms with Gasteiger partial charge in [0.2, 0.25) is 9.84 Å². The number of methoxy groups -OCH3 is 1. The minimum absolute atomic E-state index is 0.158. The molecule has 0 aromatic heterocycles. The van der Waals surface area contributed by atoms with Gasteiger partial charge in [0.15, 0.2) is 0 Å². The second kappa shape index (κ2) is 9.61. The molecule has 3 aromatic rings. The molecule has 0 amide bonds. The average Bonchev–Trinajstić information content (AvgIpc) is 2.84. The first-order valence-electron chi connectivity index (χ1n) is 10.4. The monoisotopic (exact) mass is 512 g/mol. The summed E-state index contributed by atoms with van der Waals surface area (Å²) >= 11 is 3.54. The van der Waals surface area contributed by atoms with Crippen LogP contribution in [-0.4, -0.2) is 27.0 Å². The summed E-state index contributed by atoms with van der Waals surface area (Å²) in [6.07, 6.45) is -0.379. The zero-order chi connectivity index (χ0) is 22.7. The van der Waals surface area contributed by atoms with Gasteiger partial charge < -0.3 is 9.47 Å². The van der Waals surface area contributed by atoms with Crippen LogP contribution in [0.25, 0.3) is 5.57 Å². The molecule has 166 valence electrons. The zero-order valence-corrected chi connectivity index (χ0v) is 20.4. The number of hydrogen-bond donors (Lipinski definition) is 0. The summed E-state index contributed by atoms with van der Waals surface area (Å²) < 4.78 is 39.7. The van der Waals surface area contributed by atoms with Gasteiger partial charge in [-0.3, -0.25) is 0 Å². The van der Waals surface area contributed by atoms with Crippen LogP contribution < -0.4 is 4.74 Å². The highest BCUT2D eigenvalue weighted by Gasteiger charge is 2.39. The largest absolute Gasteiger partial charge is 0.497 e. The van der Waals surface area contributed by atoms with E-state index < -0.39 is 15.9 Å². The van der Waals surface area contributed by atoms with Crippen molar-refractivity contribution in [3.8, 4) is 5.75 Å². The van der Waals surface area contributed by atoms with E-state index in [1.54, 1.807) is 19.2 Å². The lowest BCUT2D eigenvalue weighted by Gasteiger charge is -2.34. The summed E-state index contributed by atoms with van der Waals surface area (Å²) in [5.74, 6) is 0.705. The third kappa shape index (κ3) is 4.53. The van der Waals surface area contributed by atoms with Crippen LogP contribution >= 0.6 is 15.9 Å². The molecule has 0 saturated carbocycles. The summed E-state index contributed by atoms with van der Waals surface area (Å²) in [5.41, 5.74) is 3.47. The van der Waals surface area contributed by atoms with Crippen molar-refractivity contribution in [3.63, 3.8) is 0 Å². The molecule has 6 heteroatoms. The molecule has 0 fully saturated rings. The number of sulfone groups is 1. The molecular weight excluding hydrogens is 488 g/mol. The molecule has 3 aromatic carbocycles. The van der Waals surface area contributed by atoms with Crippen LogP contribution in [0.2, 0.25) is 0 Å². The van der Waals surface area contributed by atoms with E-state index in [1.807, 2.05) is 73.7 Å². The van der Waals surface area contributed by atoms with Crippen LogP contribution in [0.5, 0.6) is 5.75 Å². The number of benzene rings is 3. The van der Waals surface area contributed by atoms with Gasteiger partial charge in [0.05, 0.1) is 23.0 Å². The van der Waals surface area contributed by atoms with Gasteiger partial charge in [0, 0.05) is 11.8 Å². The molecule has 0 radical (unpaired) electrons. The van der Waals surface area contributed by atoms with E-state index in [-0.39, 0.29) is 11.0 Å². The first-order valence-corrected chi connectivity index (χ1v) is 13.0. The molecule has 1 heterocycles. The van der Waals surface area contributed by atoms with E-state index in [1.165, 1.54) is 0 Å². The maximum Gasteiger partial charge on any atom is 0.206 e. The Bertz CT molecular complexity index is 1200. The highest BCUT2D eigenvalue weighted by molar-refractivity contribution is 9.09. The van der Waals surface area contributed by atoms with Crippen LogP contribution in [0.4, 0.5) is 0 Å². The molecule has 0 spiro atoms. The van der Waals surface area contributed by atoms with Crippen molar-refractivity contribution in [1.29, 1.82) is 0 Å². The van der Waals surface area contributed by atoms with E-state index in [0.717, 1.165) is 22.3 Å². The van der Waals surface area contributed by atoms with Gasteiger partial charge in [-0.2, -0.15) is 0 Å². The third-order valence-corrected chi connectivity index (χ3v) is 8.28. The highest BCUT2D eigenvalue weighted by Crippen LogP contribution is 2.45. The fourth-order valence-corrected chi connectivity index (χ4v) is 6.06. The second-order valence-electron chi connectivity index (χ2n) is 7.80. The Morgan fingerprint density at radius 1 is 0.969 bits per heavy atom. The van der Waals surface area contributed by atoms with Gasteiger partial charge in [0.25, 0.3) is 0 Å². The average molecular weight is 513 g/mol. The number of aryl methyl sites for hydroxylation is 1. The Morgan fingerprint density at radius 3 is 2.22 bits per heavy atom. The van der Waals surface area contributed by atoms with E-state index in [2.05, 4.69) is 15.9 Å². The van der Waals surface area contributed by atoms with Crippen molar-refractivity contribution in [1.82, 2.24) is 0 Å². The highest BCUT2D eigenvalue weighted by atomic mass is 79.9. The Hall–Kier alpha value is -2.41. The third-order valence-electron chi connectivity index (χ3n) is 5.63. The zero-order valence-electron chi connectivity index (χ0n) is 18.0. The molecule has 0 saturated heterocycles. The van der Waals surface area contributed by atoms with Crippen LogP contribution in [0, 0.1) is 6.92 Å². The summed E-state index contributed by atoms with van der Waals surface area (Å²) in [4.78, 5) is 0.570. The fourth-order valence-electron chi connectivity index (χ4n) is 3.94. The van der Waals surface area contributed by atoms with Gasteiger partial charge in [-0.1, -0.05) is 76.1 Å². The normalized spacial score (nSPS) is 19.1. The smallest absolute Gasteiger partial charge is 0.206 e. The molecule has 4 rings (SSSR count). The molecule has 1 aliphatic rings. The first-order chi connectivity index (χ1) is 15.4. The molecule has 0 unspecified atom stereocenters. The van der Waals surface area contributed by atoms with Crippen molar-refractivity contribution in [2.24, 2.45) is 0 Å². The summed E-state index contributed by atoms with van der Waals surface area (Å²) in [6, 6.07) is 24.1. The van der Waals surface area contributed by atoms with Crippen LogP contribution in [-0.2, 0) is 14.6 Å². The number of hydrogen-bond acceptors (Lipinski definition) is 4. The Labute approximate surface area is 197 Å². The van der Waals surface area contributed by atoms with Crippen LogP contribution in [0.15, 0.2) is 88.7 Å². The van der Waals surface area contributed by atoms with E-state index in [4.69, 9.17) is 9.47 Å². The fraction of sp³-hybridized carbons (Fsp3) is 0.231. The Kier molecular flexibility index (Phi) is 6.84. The minimum atomic E-state index is -3.81. The Morgan fingerprint density at radius 2 is 1.62 bits per heavy atom. The standard InChI is InChI=1S/C26H25BrO4S/c1-18-8-14-23(15-9-18)32(28,29)26-24(19-6-4-3-5-7-19)16-22(17-27)31-25(26)20-10-12-21(30-2)13-11-20/h3-15,22,25H,16-17H2,1-2H3/t22-,25+/m0/s1. The maximum absolute atomic E-state index is 14.0. The molecule has 0 bridgehead atoms. The number of alkyl halides is 1. The van der Waals surface area contributed by atoms with Crippen LogP contribution in [0.3, 0.4) is 0 Å². The van der Waals surface area contributed by atoms with E-state index in [9.17, 15) is 8.42 Å². The number of halogens is 1. The summed E-state index contributed by atoms with van der Waals surface area (Å²) in [5, 5.41) is 0.605. The quantitative estimate of drug-likeness (QED) is 0.373. The lowest BCUT2D eigenvalue weighted by molar-refractivity contribution is 0.0197. The van der Waals surface area contributed by atoms with E-state index in [0.29, 0.717) is 22.4 Å². The minimum Gasteiger partial charge on any atom is -0.497 e. The van der Waals surface area contributed by atoms with E-state index >= 15 is 0 Å². The summed E-state index contributed by atoms with van der Waals surface area (Å²) in [7, 11) is -2.21. The molecule has 2 atom stereocenters. The molecule has 4 nitrogen and oxygen atoms in total. The van der Waals surface area contributed by atoms with Crippen molar-refractivity contribution < 1.29 is 17.9 Å². The molecule has 0 N–H and O–H groups in total. The van der Waals surface area contributed by atoms with Crippen LogP contribution in [0.1, 0.15) is 29.2 Å². The molecule has 0 aliphatic carbocycles. The van der Waals surface area contributed by atoms with Crippen molar-refractivity contribution in [2.45, 2.75) is 30.4 Å². The SMILES string of the molecule is COc1ccc([C@H]2O[C@H](CBr)CC(c3ccccc3)=C2S(=O)(=O)c2ccc(C)cc2)cc1. The van der Waals surface area contributed by atoms with Gasteiger partial charge in [-0.05, 0) is 47.9 Å². The van der Waals surface area contributed by atoms with Gasteiger partial charge >= 0.3 is 0 Å². The summed E-state index contributed by atoms with van der Waals surface area (Å²) in [6.45, 7) is 1.94. The maximum atomic E-state index is 14.0. The second-order valence-corrected chi connectivity index (χ2v) is 10.4. The van der Waals surface area contributed by atoms with Crippen molar-refractivity contribution in [3.05, 3.63) is 100 Å². The van der Waals surface area contributed by atoms with Gasteiger partial charge in [-0.25, -0.2) is 8.42 Å². The van der Waals surface area contributed by atoms with Gasteiger partial charge in [0.1, 0.15) is 11.9 Å². The topological polar surface area (TPSA) is 52.6 Å². The lowest BCUT2D eigenvalue weighted by Crippen LogP contribution is -2.29.